The molecule has 0 fully saturated rings. The molecule has 1 aromatic rings. The summed E-state index contributed by atoms with van der Waals surface area (Å²) in [6.45, 7) is 0. The first kappa shape index (κ1) is 5.80. The second-order valence-corrected chi connectivity index (χ2v) is 3.54. The molecule has 3 heteroatoms. The van der Waals surface area contributed by atoms with Crippen LogP contribution in [-0.2, 0) is 0 Å². The van der Waals surface area contributed by atoms with Gasteiger partial charge in [-0.1, -0.05) is 0 Å². The topological polar surface area (TPSA) is 23.8 Å². The van der Waals surface area contributed by atoms with Crippen molar-refractivity contribution in [1.29, 1.82) is 5.26 Å². The van der Waals surface area contributed by atoms with E-state index in [4.69, 9.17) is 5.26 Å². The van der Waals surface area contributed by atoms with Crippen LogP contribution in [0.2, 0.25) is 0 Å². The maximum absolute atomic E-state index is 8.29. The summed E-state index contributed by atoms with van der Waals surface area (Å²) in [5.74, 6) is 0. The van der Waals surface area contributed by atoms with Crippen molar-refractivity contribution in [2.75, 3.05) is 0 Å². The highest BCUT2D eigenvalue weighted by Gasteiger charge is 1.91. The third kappa shape index (κ3) is 1.09. The molecule has 0 radical (unpaired) electrons. The number of nitriles is 1. The lowest BCUT2D eigenvalue weighted by Crippen LogP contribution is -1.55. The van der Waals surface area contributed by atoms with Crippen molar-refractivity contribution >= 4 is 27.3 Å². The molecule has 0 saturated heterocycles. The van der Waals surface area contributed by atoms with Gasteiger partial charge in [0.15, 0.2) is 0 Å². The highest BCUT2D eigenvalue weighted by molar-refractivity contribution is 9.11. The smallest absolute Gasteiger partial charge is 0.100 e. The Bertz CT molecular complexity index is 223. The number of hydrogen-bond donors (Lipinski definition) is 0. The van der Waals surface area contributed by atoms with Crippen molar-refractivity contribution in [1.82, 2.24) is 0 Å². The van der Waals surface area contributed by atoms with Gasteiger partial charge in [0.2, 0.25) is 0 Å². The third-order valence-electron chi connectivity index (χ3n) is 0.697. The van der Waals surface area contributed by atoms with Crippen molar-refractivity contribution in [2.24, 2.45) is 0 Å². The molecule has 0 saturated carbocycles. The number of rotatable bonds is 0. The maximum atomic E-state index is 8.29. The average Bonchev–Trinajstić information content (AvgIpc) is 2.14. The molecule has 0 N–H and O–H groups in total. The van der Waals surface area contributed by atoms with E-state index in [0.717, 1.165) is 9.35 Å². The predicted octanol–water partition coefficient (Wildman–Crippen LogP) is 2.38. The maximum Gasteiger partial charge on any atom is 0.100 e. The zero-order chi connectivity index (χ0) is 5.98. The van der Waals surface area contributed by atoms with E-state index in [1.807, 2.05) is 11.4 Å². The van der Waals surface area contributed by atoms with Crippen LogP contribution in [0.15, 0.2) is 15.2 Å². The van der Waals surface area contributed by atoms with Crippen LogP contribution in [-0.4, -0.2) is 0 Å². The van der Waals surface area contributed by atoms with E-state index in [1.165, 1.54) is 11.3 Å². The zero-order valence-corrected chi connectivity index (χ0v) is 6.29. The van der Waals surface area contributed by atoms with E-state index < -0.39 is 0 Å². The molecular formula is C5H2BrNS. The molecule has 1 nitrogen and oxygen atoms in total. The van der Waals surface area contributed by atoms with Gasteiger partial charge in [-0.15, -0.1) is 11.3 Å². The Kier molecular flexibility index (Phi) is 1.66. The lowest BCUT2D eigenvalue weighted by atomic mass is 10.4. The highest BCUT2D eigenvalue weighted by Crippen LogP contribution is 2.19. The molecule has 0 aliphatic heterocycles. The number of hydrogen-bond acceptors (Lipinski definition) is 2. The van der Waals surface area contributed by atoms with Crippen LogP contribution < -0.4 is 0 Å². The Balaban J connectivity index is 3.05. The Morgan fingerprint density at radius 1 is 1.75 bits per heavy atom. The van der Waals surface area contributed by atoms with Crippen LogP contribution in [0.25, 0.3) is 0 Å². The van der Waals surface area contributed by atoms with Gasteiger partial charge >= 0.3 is 0 Å². The quantitative estimate of drug-likeness (QED) is 0.613. The summed E-state index contributed by atoms with van der Waals surface area (Å²) in [6, 6.07) is 3.82. The van der Waals surface area contributed by atoms with Crippen LogP contribution in [0, 0.1) is 11.3 Å². The molecule has 1 heterocycles. The number of thiophene rings is 1. The lowest BCUT2D eigenvalue weighted by molar-refractivity contribution is 1.51. The van der Waals surface area contributed by atoms with Gasteiger partial charge in [-0.05, 0) is 22.0 Å². The highest BCUT2D eigenvalue weighted by atomic mass is 79.9. The minimum Gasteiger partial charge on any atom is -0.192 e. The van der Waals surface area contributed by atoms with E-state index in [-0.39, 0.29) is 0 Å². The van der Waals surface area contributed by atoms with E-state index in [2.05, 4.69) is 15.9 Å². The summed E-state index contributed by atoms with van der Waals surface area (Å²) in [6.07, 6.45) is 0. The number of nitrogens with zero attached hydrogens (tertiary/aromatic N) is 1. The van der Waals surface area contributed by atoms with Crippen LogP contribution >= 0.6 is 27.3 Å². The second-order valence-electron chi connectivity index (χ2n) is 1.25. The largest absolute Gasteiger partial charge is 0.192 e. The first-order valence-electron chi connectivity index (χ1n) is 1.97. The van der Waals surface area contributed by atoms with Crippen molar-refractivity contribution in [2.45, 2.75) is 0 Å². The normalized spacial score (nSPS) is 8.50. The molecule has 0 aromatic carbocycles. The first-order valence-corrected chi connectivity index (χ1v) is 3.64. The summed E-state index contributed by atoms with van der Waals surface area (Å²) in [5.41, 5.74) is 0.724. The van der Waals surface area contributed by atoms with Gasteiger partial charge in [0.25, 0.3) is 0 Å². The van der Waals surface area contributed by atoms with E-state index >= 15 is 0 Å². The van der Waals surface area contributed by atoms with E-state index in [0.29, 0.717) is 0 Å². The van der Waals surface area contributed by atoms with Crippen LogP contribution in [0.1, 0.15) is 5.56 Å². The second kappa shape index (κ2) is 2.29. The van der Waals surface area contributed by atoms with Gasteiger partial charge in [0, 0.05) is 5.38 Å². The SMILES string of the molecule is N#Cc1csc(Br)c1. The van der Waals surface area contributed by atoms with Gasteiger partial charge in [0.05, 0.1) is 9.35 Å². The van der Waals surface area contributed by atoms with Gasteiger partial charge < -0.3 is 0 Å². The predicted molar refractivity (Wildman–Crippen MR) is 36.7 cm³/mol. The lowest BCUT2D eigenvalue weighted by Gasteiger charge is -1.66. The van der Waals surface area contributed by atoms with Crippen LogP contribution in [0.3, 0.4) is 0 Å². The van der Waals surface area contributed by atoms with Crippen molar-refractivity contribution in [3.8, 4) is 6.07 Å². The van der Waals surface area contributed by atoms with E-state index in [1.54, 1.807) is 6.07 Å². The molecule has 0 aliphatic rings. The fraction of sp³-hybridized carbons (Fsp3) is 0. The van der Waals surface area contributed by atoms with Gasteiger partial charge in [0.1, 0.15) is 6.07 Å². The van der Waals surface area contributed by atoms with Crippen molar-refractivity contribution < 1.29 is 0 Å². The monoisotopic (exact) mass is 187 g/mol. The Hall–Kier alpha value is -0.330. The fourth-order valence-electron chi connectivity index (χ4n) is 0.369. The van der Waals surface area contributed by atoms with Gasteiger partial charge in [-0.25, -0.2) is 0 Å². The molecule has 40 valence electrons. The summed E-state index contributed by atoms with van der Waals surface area (Å²) in [4.78, 5) is 0. The van der Waals surface area contributed by atoms with Crippen LogP contribution in [0.5, 0.6) is 0 Å². The molecule has 1 aromatic heterocycles. The van der Waals surface area contributed by atoms with Crippen molar-refractivity contribution in [3.05, 3.63) is 20.8 Å². The van der Waals surface area contributed by atoms with E-state index in [9.17, 15) is 0 Å². The first-order chi connectivity index (χ1) is 3.83. The third-order valence-corrected chi connectivity index (χ3v) is 2.20. The van der Waals surface area contributed by atoms with Crippen molar-refractivity contribution in [3.63, 3.8) is 0 Å². The fourth-order valence-corrected chi connectivity index (χ4v) is 1.45. The zero-order valence-electron chi connectivity index (χ0n) is 3.89. The minimum atomic E-state index is 0.724. The Morgan fingerprint density at radius 3 is 2.75 bits per heavy atom. The summed E-state index contributed by atoms with van der Waals surface area (Å²) >= 11 is 4.76. The van der Waals surface area contributed by atoms with Crippen LogP contribution in [0.4, 0.5) is 0 Å². The molecule has 0 unspecified atom stereocenters. The summed E-state index contributed by atoms with van der Waals surface area (Å²) in [7, 11) is 0. The Morgan fingerprint density at radius 2 is 2.50 bits per heavy atom. The van der Waals surface area contributed by atoms with Gasteiger partial charge in [-0.2, -0.15) is 5.26 Å². The molecule has 0 amide bonds. The van der Waals surface area contributed by atoms with Gasteiger partial charge in [-0.3, -0.25) is 0 Å². The molecule has 0 spiro atoms. The minimum absolute atomic E-state index is 0.724. The number of halogens is 1. The molecule has 1 rings (SSSR count). The molecule has 0 bridgehead atoms. The summed E-state index contributed by atoms with van der Waals surface area (Å²) in [5, 5.41) is 10.1. The molecule has 8 heavy (non-hydrogen) atoms. The molecular weight excluding hydrogens is 186 g/mol. The average molecular weight is 188 g/mol. The molecule has 0 atom stereocenters. The Labute approximate surface area is 59.7 Å². The standard InChI is InChI=1S/C5H2BrNS/c6-5-1-4(2-7)3-8-5/h1,3H. The molecule has 0 aliphatic carbocycles. The summed E-state index contributed by atoms with van der Waals surface area (Å²) < 4.78 is 1.01.